The number of anilines is 1. The summed E-state index contributed by atoms with van der Waals surface area (Å²) in [6, 6.07) is 17.6. The van der Waals surface area contributed by atoms with Crippen molar-refractivity contribution in [3.05, 3.63) is 83.5 Å². The normalized spacial score (nSPS) is 14.3. The van der Waals surface area contributed by atoms with Gasteiger partial charge in [0.2, 0.25) is 5.91 Å². The number of hydrogen-bond donors (Lipinski definition) is 2. The van der Waals surface area contributed by atoms with Gasteiger partial charge in [0, 0.05) is 57.4 Å². The van der Waals surface area contributed by atoms with Crippen LogP contribution in [0, 0.1) is 0 Å². The van der Waals surface area contributed by atoms with Crippen LogP contribution in [0.2, 0.25) is 0 Å². The summed E-state index contributed by atoms with van der Waals surface area (Å²) in [5, 5.41) is 12.5. The molecule has 0 unspecified atom stereocenters. The molecule has 0 aromatic heterocycles. The van der Waals surface area contributed by atoms with Gasteiger partial charge in [-0.05, 0) is 37.1 Å². The van der Waals surface area contributed by atoms with Crippen LogP contribution in [0.25, 0.3) is 0 Å². The molecule has 1 aliphatic heterocycles. The Balaban J connectivity index is 1.42. The van der Waals surface area contributed by atoms with Crippen LogP contribution in [0.5, 0.6) is 5.75 Å². The van der Waals surface area contributed by atoms with E-state index >= 15 is 0 Å². The van der Waals surface area contributed by atoms with E-state index in [-0.39, 0.29) is 24.8 Å². The summed E-state index contributed by atoms with van der Waals surface area (Å²) >= 11 is 1.22. The van der Waals surface area contributed by atoms with Gasteiger partial charge in [-0.2, -0.15) is 0 Å². The maximum Gasteiger partial charge on any atom is 0.330 e. The van der Waals surface area contributed by atoms with E-state index < -0.39 is 5.97 Å². The Morgan fingerprint density at radius 2 is 1.82 bits per heavy atom. The van der Waals surface area contributed by atoms with Crippen molar-refractivity contribution in [1.29, 1.82) is 0 Å². The number of rotatable bonds is 13. The lowest BCUT2D eigenvalue weighted by molar-refractivity contribution is -0.135. The van der Waals surface area contributed by atoms with Gasteiger partial charge in [-0.3, -0.25) is 14.5 Å². The molecule has 0 spiro atoms. The number of ether oxygens (including phenoxy) is 1. The first-order valence-electron chi connectivity index (χ1n) is 12.9. The van der Waals surface area contributed by atoms with Crippen LogP contribution in [0.4, 0.5) is 5.69 Å². The van der Waals surface area contributed by atoms with Crippen LogP contribution in [-0.4, -0.2) is 83.2 Å². The third-order valence-electron chi connectivity index (χ3n) is 6.17. The van der Waals surface area contributed by atoms with E-state index in [4.69, 9.17) is 9.84 Å². The van der Waals surface area contributed by atoms with Crippen molar-refractivity contribution in [3.8, 4) is 5.75 Å². The molecule has 2 N–H and O–H groups in total. The largest absolute Gasteiger partial charge is 0.484 e. The van der Waals surface area contributed by atoms with E-state index in [0.29, 0.717) is 30.4 Å². The quantitative estimate of drug-likeness (QED) is 0.361. The van der Waals surface area contributed by atoms with Crippen molar-refractivity contribution in [2.75, 3.05) is 50.9 Å². The Morgan fingerprint density at radius 1 is 1.08 bits per heavy atom. The number of carboxylic acid groups (broad SMARTS) is 1. The number of amides is 2. The summed E-state index contributed by atoms with van der Waals surface area (Å²) in [5.74, 6) is -0.754. The number of piperazine rings is 1. The number of carbonyl (C=O) groups excluding carboxylic acids is 2. The molecular weight excluding hydrogens is 516 g/mol. The molecule has 2 aromatic carbocycles. The molecule has 0 aliphatic carbocycles. The molecule has 3 rings (SSSR count). The summed E-state index contributed by atoms with van der Waals surface area (Å²) in [7, 11) is 0. The molecule has 0 saturated carbocycles. The smallest absolute Gasteiger partial charge is 0.330 e. The zero-order valence-electron chi connectivity index (χ0n) is 22.4. The van der Waals surface area contributed by atoms with Gasteiger partial charge in [-0.25, -0.2) is 4.79 Å². The third-order valence-corrected chi connectivity index (χ3v) is 6.93. The maximum atomic E-state index is 12.7. The summed E-state index contributed by atoms with van der Waals surface area (Å²) in [6.07, 6.45) is 6.22. The second-order valence-corrected chi connectivity index (χ2v) is 9.70. The van der Waals surface area contributed by atoms with Gasteiger partial charge in [0.1, 0.15) is 5.75 Å². The van der Waals surface area contributed by atoms with Crippen molar-refractivity contribution in [3.63, 3.8) is 0 Å². The highest BCUT2D eigenvalue weighted by Gasteiger charge is 2.21. The minimum Gasteiger partial charge on any atom is -0.484 e. The van der Waals surface area contributed by atoms with Crippen molar-refractivity contribution >= 4 is 35.2 Å². The molecule has 2 amide bonds. The molecule has 0 atom stereocenters. The molecule has 2 aromatic rings. The Morgan fingerprint density at radius 3 is 2.49 bits per heavy atom. The molecule has 1 aliphatic rings. The molecule has 1 fully saturated rings. The Labute approximate surface area is 234 Å². The van der Waals surface area contributed by atoms with Crippen molar-refractivity contribution < 1.29 is 24.2 Å². The highest BCUT2D eigenvalue weighted by Crippen LogP contribution is 2.20. The second-order valence-electron chi connectivity index (χ2n) is 8.87. The van der Waals surface area contributed by atoms with E-state index in [1.54, 1.807) is 37.6 Å². The number of carboxylic acids is 1. The molecule has 208 valence electrons. The lowest BCUT2D eigenvalue weighted by atomic mass is 10.2. The van der Waals surface area contributed by atoms with Gasteiger partial charge in [-0.1, -0.05) is 42.5 Å². The minimum atomic E-state index is -1.09. The SMILES string of the molecule is CCN(C(=O)C/C=C\Nc1cccc(OCC(=O)N2CCN(Cc3ccccc3)CC2)c1)/C(=C/C(=O)O)SC. The average molecular weight is 553 g/mol. The first kappa shape index (κ1) is 29.8. The number of nitrogens with one attached hydrogen (secondary N) is 1. The van der Waals surface area contributed by atoms with E-state index in [0.717, 1.165) is 31.4 Å². The van der Waals surface area contributed by atoms with Crippen LogP contribution in [0.15, 0.2) is 78.0 Å². The summed E-state index contributed by atoms with van der Waals surface area (Å²) in [6.45, 7) is 6.06. The molecule has 1 heterocycles. The first-order valence-corrected chi connectivity index (χ1v) is 14.1. The zero-order chi connectivity index (χ0) is 28.0. The fraction of sp³-hybridized carbons (Fsp3) is 0.345. The standard InChI is InChI=1S/C29H36N4O5S/c1-3-33(28(39-2)20-29(36)37)26(34)13-8-14-30-24-11-7-12-25(19-24)38-22-27(35)32-17-15-31(16-18-32)21-23-9-5-4-6-10-23/h4-12,14,19-20,30H,3,13,15-18,21-22H2,1-2H3,(H,36,37)/b14-8-,28-20-. The first-order chi connectivity index (χ1) is 18.9. The van der Waals surface area contributed by atoms with Crippen LogP contribution >= 0.6 is 11.8 Å². The predicted octanol–water partition coefficient (Wildman–Crippen LogP) is 3.86. The summed E-state index contributed by atoms with van der Waals surface area (Å²) in [5.41, 5.74) is 2.03. The molecule has 9 nitrogen and oxygen atoms in total. The van der Waals surface area contributed by atoms with Crippen LogP contribution in [0.3, 0.4) is 0 Å². The van der Waals surface area contributed by atoms with E-state index in [9.17, 15) is 14.4 Å². The predicted molar refractivity (Wildman–Crippen MR) is 154 cm³/mol. The summed E-state index contributed by atoms with van der Waals surface area (Å²) < 4.78 is 5.76. The summed E-state index contributed by atoms with van der Waals surface area (Å²) in [4.78, 5) is 41.9. The number of carbonyl (C=O) groups is 3. The number of nitrogens with zero attached hydrogens (tertiary/aromatic N) is 3. The zero-order valence-corrected chi connectivity index (χ0v) is 23.2. The average Bonchev–Trinajstić information content (AvgIpc) is 2.95. The fourth-order valence-corrected chi connectivity index (χ4v) is 4.81. The molecule has 0 radical (unpaired) electrons. The van der Waals surface area contributed by atoms with Gasteiger partial charge in [0.15, 0.2) is 6.61 Å². The van der Waals surface area contributed by atoms with Crippen LogP contribution in [0.1, 0.15) is 18.9 Å². The van der Waals surface area contributed by atoms with E-state index in [2.05, 4.69) is 22.3 Å². The fourth-order valence-electron chi connectivity index (χ4n) is 4.14. The third kappa shape index (κ3) is 9.81. The van der Waals surface area contributed by atoms with Crippen molar-refractivity contribution in [1.82, 2.24) is 14.7 Å². The number of hydrogen-bond acceptors (Lipinski definition) is 7. The van der Waals surface area contributed by atoms with Crippen LogP contribution < -0.4 is 10.1 Å². The molecule has 39 heavy (non-hydrogen) atoms. The van der Waals surface area contributed by atoms with Gasteiger partial charge < -0.3 is 25.0 Å². The molecular formula is C29H36N4O5S. The number of benzene rings is 2. The highest BCUT2D eigenvalue weighted by atomic mass is 32.2. The maximum absolute atomic E-state index is 12.7. The van der Waals surface area contributed by atoms with Crippen molar-refractivity contribution in [2.45, 2.75) is 19.9 Å². The molecule has 10 heteroatoms. The second kappa shape index (κ2) is 15.6. The topological polar surface area (TPSA) is 102 Å². The lowest BCUT2D eigenvalue weighted by Gasteiger charge is -2.34. The Kier molecular flexibility index (Phi) is 11.9. The number of thioether (sulfide) groups is 1. The van der Waals surface area contributed by atoms with Crippen LogP contribution in [-0.2, 0) is 20.9 Å². The van der Waals surface area contributed by atoms with Gasteiger partial charge in [0.05, 0.1) is 11.1 Å². The minimum absolute atomic E-state index is 0.0268. The highest BCUT2D eigenvalue weighted by molar-refractivity contribution is 8.02. The van der Waals surface area contributed by atoms with E-state index in [1.807, 2.05) is 35.2 Å². The van der Waals surface area contributed by atoms with Crippen molar-refractivity contribution in [2.24, 2.45) is 0 Å². The monoisotopic (exact) mass is 552 g/mol. The van der Waals surface area contributed by atoms with Gasteiger partial charge in [0.25, 0.3) is 5.91 Å². The lowest BCUT2D eigenvalue weighted by Crippen LogP contribution is -2.49. The molecule has 0 bridgehead atoms. The number of aliphatic carboxylic acids is 1. The van der Waals surface area contributed by atoms with Gasteiger partial charge >= 0.3 is 5.97 Å². The van der Waals surface area contributed by atoms with Gasteiger partial charge in [-0.15, -0.1) is 11.8 Å². The Hall–Kier alpha value is -3.76. The Bertz CT molecular complexity index is 1160. The van der Waals surface area contributed by atoms with E-state index in [1.165, 1.54) is 22.2 Å². The molecule has 1 saturated heterocycles.